The van der Waals surface area contributed by atoms with Gasteiger partial charge in [0.25, 0.3) is 5.91 Å². The van der Waals surface area contributed by atoms with Crippen LogP contribution in [0.5, 0.6) is 0 Å². The average molecular weight is 205 g/mol. The molecule has 1 aromatic rings. The molecule has 0 aliphatic rings. The van der Waals surface area contributed by atoms with Crippen molar-refractivity contribution in [2.24, 2.45) is 0 Å². The first-order valence-corrected chi connectivity index (χ1v) is 4.85. The van der Waals surface area contributed by atoms with Crippen LogP contribution >= 0.6 is 0 Å². The molecule has 80 valence electrons. The van der Waals surface area contributed by atoms with Crippen LogP contribution < -0.4 is 5.32 Å². The number of hydrogen-bond acceptors (Lipinski definition) is 2. The molecule has 0 heterocycles. The molecule has 0 fully saturated rings. The summed E-state index contributed by atoms with van der Waals surface area (Å²) in [6, 6.07) is 5.49. The van der Waals surface area contributed by atoms with Gasteiger partial charge >= 0.3 is 0 Å². The predicted molar refractivity (Wildman–Crippen MR) is 58.9 cm³/mol. The van der Waals surface area contributed by atoms with E-state index in [0.29, 0.717) is 5.56 Å². The summed E-state index contributed by atoms with van der Waals surface area (Å²) in [6.45, 7) is 5.48. The number of carbonyl (C=O) groups is 2. The Morgan fingerprint density at radius 1 is 1.20 bits per heavy atom. The molecule has 1 N–H and O–H groups in total. The Kier molecular flexibility index (Phi) is 3.61. The van der Waals surface area contributed by atoms with Crippen LogP contribution in [-0.4, -0.2) is 18.2 Å². The van der Waals surface area contributed by atoms with E-state index in [9.17, 15) is 9.59 Å². The van der Waals surface area contributed by atoms with Gasteiger partial charge in [0.2, 0.25) is 0 Å². The van der Waals surface area contributed by atoms with Gasteiger partial charge in [0, 0.05) is 5.56 Å². The zero-order valence-corrected chi connectivity index (χ0v) is 9.26. The van der Waals surface area contributed by atoms with Crippen molar-refractivity contribution in [1.29, 1.82) is 0 Å². The number of ketones is 1. The number of benzene rings is 1. The van der Waals surface area contributed by atoms with Crippen molar-refractivity contribution in [3.05, 3.63) is 34.9 Å². The van der Waals surface area contributed by atoms with Gasteiger partial charge in [-0.3, -0.25) is 9.59 Å². The highest BCUT2D eigenvalue weighted by Gasteiger charge is 2.06. The number of aryl methyl sites for hydroxylation is 2. The largest absolute Gasteiger partial charge is 0.345 e. The molecule has 0 radical (unpaired) electrons. The molecule has 15 heavy (non-hydrogen) atoms. The summed E-state index contributed by atoms with van der Waals surface area (Å²) >= 11 is 0. The van der Waals surface area contributed by atoms with E-state index in [1.165, 1.54) is 6.92 Å². The van der Waals surface area contributed by atoms with Gasteiger partial charge in [0.15, 0.2) is 0 Å². The van der Waals surface area contributed by atoms with E-state index in [0.717, 1.165) is 11.1 Å². The van der Waals surface area contributed by atoms with Gasteiger partial charge < -0.3 is 5.32 Å². The molecular formula is C12H15NO2. The number of hydrogen-bond donors (Lipinski definition) is 1. The van der Waals surface area contributed by atoms with Crippen molar-refractivity contribution in [2.45, 2.75) is 20.8 Å². The van der Waals surface area contributed by atoms with Crippen molar-refractivity contribution >= 4 is 11.7 Å². The maximum Gasteiger partial charge on any atom is 0.251 e. The van der Waals surface area contributed by atoms with Crippen LogP contribution in [0.2, 0.25) is 0 Å². The van der Waals surface area contributed by atoms with E-state index in [2.05, 4.69) is 5.32 Å². The molecule has 0 bridgehead atoms. The zero-order valence-electron chi connectivity index (χ0n) is 9.26. The van der Waals surface area contributed by atoms with Gasteiger partial charge in [-0.1, -0.05) is 6.07 Å². The minimum absolute atomic E-state index is 0.0489. The molecule has 1 aromatic carbocycles. The Bertz CT molecular complexity index is 397. The summed E-state index contributed by atoms with van der Waals surface area (Å²) in [5, 5.41) is 2.56. The average Bonchev–Trinajstić information content (AvgIpc) is 2.18. The predicted octanol–water partition coefficient (Wildman–Crippen LogP) is 1.62. The molecule has 0 spiro atoms. The topological polar surface area (TPSA) is 46.2 Å². The second kappa shape index (κ2) is 4.73. The molecule has 3 nitrogen and oxygen atoms in total. The van der Waals surface area contributed by atoms with E-state index in [-0.39, 0.29) is 18.2 Å². The van der Waals surface area contributed by atoms with Crippen LogP contribution in [0.4, 0.5) is 0 Å². The summed E-state index contributed by atoms with van der Waals surface area (Å²) in [6.07, 6.45) is 0. The minimum Gasteiger partial charge on any atom is -0.345 e. The summed E-state index contributed by atoms with van der Waals surface area (Å²) in [5.74, 6) is -0.250. The lowest BCUT2D eigenvalue weighted by Gasteiger charge is -2.05. The minimum atomic E-state index is -0.201. The van der Waals surface area contributed by atoms with Crippen molar-refractivity contribution in [3.63, 3.8) is 0 Å². The molecule has 0 unspecified atom stereocenters. The number of carbonyl (C=O) groups excluding carboxylic acids is 2. The van der Waals surface area contributed by atoms with Gasteiger partial charge in [-0.2, -0.15) is 0 Å². The van der Waals surface area contributed by atoms with E-state index >= 15 is 0 Å². The molecule has 0 saturated heterocycles. The molecule has 1 rings (SSSR count). The Labute approximate surface area is 89.5 Å². The Morgan fingerprint density at radius 2 is 1.87 bits per heavy atom. The molecular weight excluding hydrogens is 190 g/mol. The Balaban J connectivity index is 2.74. The van der Waals surface area contributed by atoms with Gasteiger partial charge in [-0.15, -0.1) is 0 Å². The first kappa shape index (κ1) is 11.4. The van der Waals surface area contributed by atoms with Crippen LogP contribution in [0, 0.1) is 13.8 Å². The third-order valence-electron chi connectivity index (χ3n) is 2.27. The van der Waals surface area contributed by atoms with Crippen LogP contribution in [-0.2, 0) is 4.79 Å². The summed E-state index contributed by atoms with van der Waals surface area (Å²) in [4.78, 5) is 22.2. The molecule has 0 saturated carbocycles. The summed E-state index contributed by atoms with van der Waals surface area (Å²) in [5.41, 5.74) is 2.82. The van der Waals surface area contributed by atoms with E-state index in [4.69, 9.17) is 0 Å². The maximum atomic E-state index is 11.5. The number of Topliss-reactive ketones (excluding diaryl/α,β-unsaturated/α-hetero) is 1. The van der Waals surface area contributed by atoms with E-state index in [1.807, 2.05) is 26.0 Å². The highest BCUT2D eigenvalue weighted by Crippen LogP contribution is 2.09. The lowest BCUT2D eigenvalue weighted by atomic mass is 10.1. The number of nitrogens with one attached hydrogen (secondary N) is 1. The maximum absolute atomic E-state index is 11.5. The first-order valence-electron chi connectivity index (χ1n) is 4.85. The normalized spacial score (nSPS) is 9.80. The molecule has 0 aromatic heterocycles. The molecule has 1 amide bonds. The highest BCUT2D eigenvalue weighted by atomic mass is 16.2. The van der Waals surface area contributed by atoms with Gasteiger partial charge in [0.05, 0.1) is 6.54 Å². The van der Waals surface area contributed by atoms with Gasteiger partial charge in [-0.25, -0.2) is 0 Å². The third-order valence-corrected chi connectivity index (χ3v) is 2.27. The van der Waals surface area contributed by atoms with Gasteiger partial charge in [-0.05, 0) is 44.0 Å². The van der Waals surface area contributed by atoms with Crippen molar-refractivity contribution < 1.29 is 9.59 Å². The molecule has 0 atom stereocenters. The van der Waals surface area contributed by atoms with Crippen molar-refractivity contribution in [3.8, 4) is 0 Å². The van der Waals surface area contributed by atoms with Crippen molar-refractivity contribution in [1.82, 2.24) is 5.32 Å². The quantitative estimate of drug-likeness (QED) is 0.815. The third kappa shape index (κ3) is 3.20. The lowest BCUT2D eigenvalue weighted by Crippen LogP contribution is -2.28. The standard InChI is InChI=1S/C12H15NO2/c1-8-4-5-11(6-9(8)2)12(15)13-7-10(3)14/h4-6H,7H2,1-3H3,(H,13,15). The molecule has 0 aliphatic heterocycles. The summed E-state index contributed by atoms with van der Waals surface area (Å²) < 4.78 is 0. The first-order chi connectivity index (χ1) is 7.00. The molecule has 3 heteroatoms. The summed E-state index contributed by atoms with van der Waals surface area (Å²) in [7, 11) is 0. The monoisotopic (exact) mass is 205 g/mol. The van der Waals surface area contributed by atoms with E-state index < -0.39 is 0 Å². The lowest BCUT2D eigenvalue weighted by molar-refractivity contribution is -0.116. The van der Waals surface area contributed by atoms with Crippen LogP contribution in [0.25, 0.3) is 0 Å². The number of amides is 1. The second-order valence-electron chi connectivity index (χ2n) is 3.68. The second-order valence-corrected chi connectivity index (χ2v) is 3.68. The smallest absolute Gasteiger partial charge is 0.251 e. The molecule has 0 aliphatic carbocycles. The van der Waals surface area contributed by atoms with Crippen molar-refractivity contribution in [2.75, 3.05) is 6.54 Å². The van der Waals surface area contributed by atoms with Crippen LogP contribution in [0.15, 0.2) is 18.2 Å². The van der Waals surface area contributed by atoms with Gasteiger partial charge in [0.1, 0.15) is 5.78 Å². The Morgan fingerprint density at radius 3 is 2.40 bits per heavy atom. The van der Waals surface area contributed by atoms with E-state index in [1.54, 1.807) is 6.07 Å². The SMILES string of the molecule is CC(=O)CNC(=O)c1ccc(C)c(C)c1. The fourth-order valence-electron chi connectivity index (χ4n) is 1.19. The fraction of sp³-hybridized carbons (Fsp3) is 0.333. The Hall–Kier alpha value is -1.64. The number of rotatable bonds is 3. The zero-order chi connectivity index (χ0) is 11.4. The van der Waals surface area contributed by atoms with Crippen LogP contribution in [0.3, 0.4) is 0 Å². The van der Waals surface area contributed by atoms with Crippen LogP contribution in [0.1, 0.15) is 28.4 Å². The fourth-order valence-corrected chi connectivity index (χ4v) is 1.19. The highest BCUT2D eigenvalue weighted by molar-refractivity contribution is 5.96.